The van der Waals surface area contributed by atoms with E-state index >= 15 is 0 Å². The SMILES string of the molecule is Cl.Cl.N[C@@H](C1CCCCC1)[C@@H](N)C1CCCCC1. The predicted molar refractivity (Wildman–Crippen MR) is 83.6 cm³/mol. The van der Waals surface area contributed by atoms with Crippen molar-refractivity contribution >= 4 is 24.8 Å². The molecule has 2 fully saturated rings. The molecule has 0 aliphatic heterocycles. The van der Waals surface area contributed by atoms with E-state index in [9.17, 15) is 0 Å². The summed E-state index contributed by atoms with van der Waals surface area (Å²) in [5.74, 6) is 1.43. The van der Waals surface area contributed by atoms with Gasteiger partial charge in [0, 0.05) is 12.1 Å². The van der Waals surface area contributed by atoms with E-state index in [4.69, 9.17) is 11.5 Å². The largest absolute Gasteiger partial charge is 0.326 e. The molecule has 0 radical (unpaired) electrons. The summed E-state index contributed by atoms with van der Waals surface area (Å²) in [5.41, 5.74) is 12.8. The number of hydrogen-bond acceptors (Lipinski definition) is 2. The lowest BCUT2D eigenvalue weighted by atomic mass is 9.75. The average molecular weight is 297 g/mol. The van der Waals surface area contributed by atoms with E-state index in [0.29, 0.717) is 11.8 Å². The van der Waals surface area contributed by atoms with Crippen molar-refractivity contribution in [3.05, 3.63) is 0 Å². The van der Waals surface area contributed by atoms with Crippen LogP contribution in [0.15, 0.2) is 0 Å². The van der Waals surface area contributed by atoms with E-state index in [1.165, 1.54) is 64.2 Å². The van der Waals surface area contributed by atoms with Crippen LogP contribution in [0.5, 0.6) is 0 Å². The van der Waals surface area contributed by atoms with Gasteiger partial charge in [-0.1, -0.05) is 38.5 Å². The number of nitrogens with two attached hydrogens (primary N) is 2. The molecule has 0 bridgehead atoms. The van der Waals surface area contributed by atoms with Gasteiger partial charge in [0.1, 0.15) is 0 Å². The summed E-state index contributed by atoms with van der Waals surface area (Å²) < 4.78 is 0. The van der Waals surface area contributed by atoms with Gasteiger partial charge in [-0.3, -0.25) is 0 Å². The van der Waals surface area contributed by atoms with E-state index < -0.39 is 0 Å². The first kappa shape index (κ1) is 18.5. The fourth-order valence-corrected chi connectivity index (χ4v) is 3.67. The third-order valence-electron chi connectivity index (χ3n) is 4.83. The first-order valence-electron chi connectivity index (χ1n) is 7.30. The van der Waals surface area contributed by atoms with Crippen LogP contribution in [0, 0.1) is 11.8 Å². The summed E-state index contributed by atoms with van der Waals surface area (Å²) in [6, 6.07) is 0.534. The van der Waals surface area contributed by atoms with Gasteiger partial charge >= 0.3 is 0 Å². The van der Waals surface area contributed by atoms with Crippen molar-refractivity contribution in [3.63, 3.8) is 0 Å². The van der Waals surface area contributed by atoms with Gasteiger partial charge in [0.25, 0.3) is 0 Å². The molecule has 2 aliphatic rings. The Balaban J connectivity index is 0.00000144. The second kappa shape index (κ2) is 9.41. The fraction of sp³-hybridized carbons (Fsp3) is 1.00. The molecule has 4 heteroatoms. The van der Waals surface area contributed by atoms with E-state index in [-0.39, 0.29) is 36.9 Å². The van der Waals surface area contributed by atoms with Crippen LogP contribution in [-0.2, 0) is 0 Å². The molecule has 0 heterocycles. The third-order valence-corrected chi connectivity index (χ3v) is 4.83. The highest BCUT2D eigenvalue weighted by molar-refractivity contribution is 5.85. The highest BCUT2D eigenvalue weighted by Gasteiger charge is 2.30. The van der Waals surface area contributed by atoms with Crippen LogP contribution in [0.25, 0.3) is 0 Å². The molecular weight excluding hydrogens is 267 g/mol. The van der Waals surface area contributed by atoms with Crippen LogP contribution < -0.4 is 11.5 Å². The summed E-state index contributed by atoms with van der Waals surface area (Å²) in [4.78, 5) is 0. The van der Waals surface area contributed by atoms with Crippen molar-refractivity contribution in [1.29, 1.82) is 0 Å². The number of hydrogen-bond donors (Lipinski definition) is 2. The van der Waals surface area contributed by atoms with Crippen LogP contribution in [0.2, 0.25) is 0 Å². The molecule has 0 amide bonds. The zero-order chi connectivity index (χ0) is 11.4. The lowest BCUT2D eigenvalue weighted by Gasteiger charge is -2.37. The van der Waals surface area contributed by atoms with Gasteiger partial charge < -0.3 is 11.5 Å². The fourth-order valence-electron chi connectivity index (χ4n) is 3.67. The van der Waals surface area contributed by atoms with Gasteiger partial charge in [-0.2, -0.15) is 0 Å². The maximum Gasteiger partial charge on any atom is 0.0223 e. The van der Waals surface area contributed by atoms with Gasteiger partial charge in [-0.15, -0.1) is 24.8 Å². The van der Waals surface area contributed by atoms with Gasteiger partial charge in [0.05, 0.1) is 0 Å². The Hall–Kier alpha value is 0.500. The maximum atomic E-state index is 6.40. The quantitative estimate of drug-likeness (QED) is 0.835. The molecule has 2 nitrogen and oxygen atoms in total. The number of halogens is 2. The number of rotatable bonds is 3. The monoisotopic (exact) mass is 296 g/mol. The lowest BCUT2D eigenvalue weighted by molar-refractivity contribution is 0.210. The van der Waals surface area contributed by atoms with Crippen molar-refractivity contribution in [2.75, 3.05) is 0 Å². The zero-order valence-corrected chi connectivity index (χ0v) is 13.0. The van der Waals surface area contributed by atoms with Gasteiger partial charge in [-0.05, 0) is 37.5 Å². The first-order chi connectivity index (χ1) is 7.79. The molecule has 0 aromatic rings. The van der Waals surface area contributed by atoms with E-state index in [1.807, 2.05) is 0 Å². The molecule has 2 saturated carbocycles. The van der Waals surface area contributed by atoms with Crippen LogP contribution in [-0.4, -0.2) is 12.1 Å². The molecule has 0 aromatic carbocycles. The summed E-state index contributed by atoms with van der Waals surface area (Å²) >= 11 is 0. The van der Waals surface area contributed by atoms with E-state index in [0.717, 1.165) is 0 Å². The molecule has 2 atom stereocenters. The third kappa shape index (κ3) is 4.88. The van der Waals surface area contributed by atoms with Gasteiger partial charge in [0.2, 0.25) is 0 Å². The topological polar surface area (TPSA) is 52.0 Å². The minimum atomic E-state index is 0. The van der Waals surface area contributed by atoms with Crippen molar-refractivity contribution in [3.8, 4) is 0 Å². The zero-order valence-electron chi connectivity index (χ0n) is 11.4. The molecule has 0 saturated heterocycles. The van der Waals surface area contributed by atoms with Crippen molar-refractivity contribution in [2.45, 2.75) is 76.3 Å². The van der Waals surface area contributed by atoms with Crippen LogP contribution in [0.1, 0.15) is 64.2 Å². The van der Waals surface area contributed by atoms with Gasteiger partial charge in [-0.25, -0.2) is 0 Å². The molecule has 110 valence electrons. The molecular formula is C14H30Cl2N2. The Morgan fingerprint density at radius 3 is 1.11 bits per heavy atom. The Bertz CT molecular complexity index is 180. The Morgan fingerprint density at radius 1 is 0.556 bits per heavy atom. The molecule has 2 rings (SSSR count). The van der Waals surface area contributed by atoms with Crippen molar-refractivity contribution in [2.24, 2.45) is 23.3 Å². The molecule has 0 unspecified atom stereocenters. The normalized spacial score (nSPS) is 25.7. The smallest absolute Gasteiger partial charge is 0.0223 e. The molecule has 2 aliphatic carbocycles. The van der Waals surface area contributed by atoms with Gasteiger partial charge in [0.15, 0.2) is 0 Å². The maximum absolute atomic E-state index is 6.40. The second-order valence-corrected chi connectivity index (χ2v) is 5.95. The van der Waals surface area contributed by atoms with Crippen LogP contribution in [0.3, 0.4) is 0 Å². The Kier molecular flexibility index (Phi) is 9.67. The molecule has 4 N–H and O–H groups in total. The lowest BCUT2D eigenvalue weighted by Crippen LogP contribution is -2.51. The Labute approximate surface area is 124 Å². The highest BCUT2D eigenvalue weighted by Crippen LogP contribution is 2.32. The summed E-state index contributed by atoms with van der Waals surface area (Å²) in [5, 5.41) is 0. The standard InChI is InChI=1S/C14H28N2.2ClH/c15-13(11-7-3-1-4-8-11)14(16)12-9-5-2-6-10-12;;/h11-14H,1-10,15-16H2;2*1H/t13-,14-;;/m0../s1. The Morgan fingerprint density at radius 2 is 0.833 bits per heavy atom. The summed E-state index contributed by atoms with van der Waals surface area (Å²) in [6.45, 7) is 0. The highest BCUT2D eigenvalue weighted by atomic mass is 35.5. The summed E-state index contributed by atoms with van der Waals surface area (Å²) in [6.07, 6.45) is 13.6. The first-order valence-corrected chi connectivity index (χ1v) is 7.30. The van der Waals surface area contributed by atoms with E-state index in [1.54, 1.807) is 0 Å². The molecule has 18 heavy (non-hydrogen) atoms. The predicted octanol–water partition coefficient (Wildman–Crippen LogP) is 3.65. The van der Waals surface area contributed by atoms with Crippen LogP contribution in [0.4, 0.5) is 0 Å². The summed E-state index contributed by atoms with van der Waals surface area (Å²) in [7, 11) is 0. The average Bonchev–Trinajstić information content (AvgIpc) is 2.39. The van der Waals surface area contributed by atoms with Crippen LogP contribution >= 0.6 is 24.8 Å². The molecule has 0 aromatic heterocycles. The minimum Gasteiger partial charge on any atom is -0.326 e. The van der Waals surface area contributed by atoms with Crippen molar-refractivity contribution in [1.82, 2.24) is 0 Å². The van der Waals surface area contributed by atoms with Crippen molar-refractivity contribution < 1.29 is 0 Å². The second-order valence-electron chi connectivity index (χ2n) is 5.95. The molecule has 0 spiro atoms. The minimum absolute atomic E-state index is 0. The van der Waals surface area contributed by atoms with E-state index in [2.05, 4.69) is 0 Å².